The molecule has 0 amide bonds. The van der Waals surface area contributed by atoms with Gasteiger partial charge >= 0.3 is 5.97 Å². The molecule has 0 spiro atoms. The Labute approximate surface area is 96.6 Å². The lowest BCUT2D eigenvalue weighted by atomic mass is 10.2. The fourth-order valence-corrected chi connectivity index (χ4v) is 1.72. The summed E-state index contributed by atoms with van der Waals surface area (Å²) in [5.74, 6) is 5.11. The number of likely N-dealkylation sites (tertiary alicyclic amines) is 1. The van der Waals surface area contributed by atoms with Crippen molar-refractivity contribution in [2.45, 2.75) is 38.8 Å². The minimum atomic E-state index is -0.709. The van der Waals surface area contributed by atoms with Crippen LogP contribution in [0.5, 0.6) is 0 Å². The van der Waals surface area contributed by atoms with Crippen LogP contribution in [0.2, 0.25) is 0 Å². The first-order valence-electron chi connectivity index (χ1n) is 5.75. The second kappa shape index (κ2) is 6.51. The van der Waals surface area contributed by atoms with Crippen LogP contribution >= 0.6 is 0 Å². The topological polar surface area (TPSA) is 49.8 Å². The van der Waals surface area contributed by atoms with Gasteiger partial charge in [-0.2, -0.15) is 0 Å². The number of rotatable bonds is 3. The first-order valence-corrected chi connectivity index (χ1v) is 5.75. The third kappa shape index (κ3) is 3.84. The van der Waals surface area contributed by atoms with E-state index in [4.69, 9.17) is 9.84 Å². The van der Waals surface area contributed by atoms with Gasteiger partial charge in [-0.05, 0) is 39.8 Å². The van der Waals surface area contributed by atoms with Crippen LogP contribution in [0.3, 0.4) is 0 Å². The molecule has 2 atom stereocenters. The normalized spacial score (nSPS) is 19.7. The minimum Gasteiger partial charge on any atom is -0.464 e. The molecule has 1 saturated heterocycles. The summed E-state index contributed by atoms with van der Waals surface area (Å²) in [6.07, 6.45) is 1.47. The molecule has 0 aliphatic carbocycles. The second-order valence-electron chi connectivity index (χ2n) is 3.86. The Morgan fingerprint density at radius 3 is 2.56 bits per heavy atom. The molecule has 90 valence electrons. The van der Waals surface area contributed by atoms with Crippen molar-refractivity contribution in [1.29, 1.82) is 0 Å². The van der Waals surface area contributed by atoms with Crippen molar-refractivity contribution in [3.8, 4) is 11.8 Å². The summed E-state index contributed by atoms with van der Waals surface area (Å²) in [6, 6.07) is -0.517. The van der Waals surface area contributed by atoms with Crippen LogP contribution in [-0.2, 0) is 9.53 Å². The van der Waals surface area contributed by atoms with Crippen LogP contribution in [0.1, 0.15) is 26.7 Å². The molecule has 1 aliphatic heterocycles. The Bertz CT molecular complexity index is 284. The van der Waals surface area contributed by atoms with E-state index in [0.717, 1.165) is 25.9 Å². The van der Waals surface area contributed by atoms with E-state index in [1.54, 1.807) is 13.8 Å². The standard InChI is InChI=1S/C12H19NO3/c1-3-16-12(15)11(7-6-10(2)14)13-8-4-5-9-13/h10-11,14H,3-5,8-9H2,1-2H3. The molecular weight excluding hydrogens is 206 g/mol. The van der Waals surface area contributed by atoms with Crippen LogP contribution < -0.4 is 0 Å². The molecule has 1 fully saturated rings. The van der Waals surface area contributed by atoms with E-state index in [1.165, 1.54) is 0 Å². The van der Waals surface area contributed by atoms with Crippen molar-refractivity contribution in [1.82, 2.24) is 4.90 Å². The summed E-state index contributed by atoms with van der Waals surface area (Å²) in [4.78, 5) is 13.7. The lowest BCUT2D eigenvalue weighted by molar-refractivity contribution is -0.146. The van der Waals surface area contributed by atoms with Gasteiger partial charge in [0.15, 0.2) is 6.04 Å². The molecule has 16 heavy (non-hydrogen) atoms. The zero-order valence-corrected chi connectivity index (χ0v) is 9.90. The zero-order valence-electron chi connectivity index (χ0n) is 9.90. The highest BCUT2D eigenvalue weighted by molar-refractivity contribution is 5.79. The summed E-state index contributed by atoms with van der Waals surface area (Å²) in [5.41, 5.74) is 0. The number of hydrogen-bond donors (Lipinski definition) is 1. The molecule has 2 unspecified atom stereocenters. The smallest absolute Gasteiger partial charge is 0.335 e. The quantitative estimate of drug-likeness (QED) is 0.558. The number of nitrogens with zero attached hydrogens (tertiary/aromatic N) is 1. The molecule has 4 heteroatoms. The van der Waals surface area contributed by atoms with Gasteiger partial charge in [-0.1, -0.05) is 11.8 Å². The van der Waals surface area contributed by atoms with E-state index in [2.05, 4.69) is 11.8 Å². The zero-order chi connectivity index (χ0) is 12.0. The Kier molecular flexibility index (Phi) is 5.30. The molecule has 4 nitrogen and oxygen atoms in total. The van der Waals surface area contributed by atoms with Crippen LogP contribution in [0.4, 0.5) is 0 Å². The third-order valence-electron chi connectivity index (χ3n) is 2.44. The molecule has 0 saturated carbocycles. The number of aliphatic hydroxyl groups is 1. The molecule has 0 aromatic heterocycles. The van der Waals surface area contributed by atoms with Crippen LogP contribution in [-0.4, -0.2) is 47.8 Å². The first kappa shape index (κ1) is 13.0. The molecule has 0 radical (unpaired) electrons. The van der Waals surface area contributed by atoms with Gasteiger partial charge in [0.2, 0.25) is 0 Å². The van der Waals surface area contributed by atoms with Gasteiger partial charge < -0.3 is 9.84 Å². The highest BCUT2D eigenvalue weighted by Gasteiger charge is 2.27. The Morgan fingerprint density at radius 1 is 1.44 bits per heavy atom. The van der Waals surface area contributed by atoms with E-state index < -0.39 is 12.1 Å². The third-order valence-corrected chi connectivity index (χ3v) is 2.44. The number of hydrogen-bond acceptors (Lipinski definition) is 4. The molecule has 0 aromatic rings. The summed E-state index contributed by atoms with van der Waals surface area (Å²) in [6.45, 7) is 5.47. The Hall–Kier alpha value is -1.05. The molecule has 1 heterocycles. The average Bonchev–Trinajstić information content (AvgIpc) is 2.71. The van der Waals surface area contributed by atoms with Gasteiger partial charge in [0.05, 0.1) is 6.61 Å². The van der Waals surface area contributed by atoms with Crippen molar-refractivity contribution >= 4 is 5.97 Å². The van der Waals surface area contributed by atoms with E-state index in [-0.39, 0.29) is 5.97 Å². The molecule has 0 aromatic carbocycles. The van der Waals surface area contributed by atoms with Gasteiger partial charge in [0.1, 0.15) is 6.10 Å². The molecule has 1 rings (SSSR count). The number of aliphatic hydroxyl groups excluding tert-OH is 1. The summed E-state index contributed by atoms with van der Waals surface area (Å²) in [5, 5.41) is 9.11. The Balaban J connectivity index is 2.68. The van der Waals surface area contributed by atoms with Crippen molar-refractivity contribution in [2.75, 3.05) is 19.7 Å². The van der Waals surface area contributed by atoms with E-state index >= 15 is 0 Å². The number of esters is 1. The molecule has 0 bridgehead atoms. The lowest BCUT2D eigenvalue weighted by Crippen LogP contribution is -2.39. The molecule has 1 aliphatic rings. The van der Waals surface area contributed by atoms with Gasteiger partial charge in [-0.15, -0.1) is 0 Å². The lowest BCUT2D eigenvalue weighted by Gasteiger charge is -2.20. The predicted octanol–water partition coefficient (Wildman–Crippen LogP) is 0.398. The van der Waals surface area contributed by atoms with E-state index in [9.17, 15) is 4.79 Å². The van der Waals surface area contributed by atoms with E-state index in [0.29, 0.717) is 6.61 Å². The van der Waals surface area contributed by atoms with Crippen molar-refractivity contribution in [2.24, 2.45) is 0 Å². The first-order chi connectivity index (χ1) is 7.65. The minimum absolute atomic E-state index is 0.308. The number of carbonyl (C=O) groups excluding carboxylic acids is 1. The maximum Gasteiger partial charge on any atom is 0.335 e. The van der Waals surface area contributed by atoms with Crippen LogP contribution in [0.15, 0.2) is 0 Å². The van der Waals surface area contributed by atoms with Gasteiger partial charge in [0.25, 0.3) is 0 Å². The average molecular weight is 225 g/mol. The molecular formula is C12H19NO3. The summed E-state index contributed by atoms with van der Waals surface area (Å²) < 4.78 is 4.98. The van der Waals surface area contributed by atoms with Gasteiger partial charge in [-0.25, -0.2) is 4.79 Å². The fourth-order valence-electron chi connectivity index (χ4n) is 1.72. The molecule has 1 N–H and O–H groups in total. The SMILES string of the molecule is CCOC(=O)C(C#CC(C)O)N1CCCC1. The van der Waals surface area contributed by atoms with Crippen molar-refractivity contribution < 1.29 is 14.6 Å². The predicted molar refractivity (Wildman–Crippen MR) is 60.7 cm³/mol. The van der Waals surface area contributed by atoms with Gasteiger partial charge in [0, 0.05) is 0 Å². The highest BCUT2D eigenvalue weighted by Crippen LogP contribution is 2.12. The summed E-state index contributed by atoms with van der Waals surface area (Å²) in [7, 11) is 0. The maximum absolute atomic E-state index is 11.7. The maximum atomic E-state index is 11.7. The number of ether oxygens (including phenoxy) is 1. The monoisotopic (exact) mass is 225 g/mol. The van der Waals surface area contributed by atoms with Crippen molar-refractivity contribution in [3.05, 3.63) is 0 Å². The largest absolute Gasteiger partial charge is 0.464 e. The van der Waals surface area contributed by atoms with Crippen LogP contribution in [0, 0.1) is 11.8 Å². The number of carbonyl (C=O) groups is 1. The fraction of sp³-hybridized carbons (Fsp3) is 0.750. The highest BCUT2D eigenvalue weighted by atomic mass is 16.5. The van der Waals surface area contributed by atoms with E-state index in [1.807, 2.05) is 4.90 Å². The van der Waals surface area contributed by atoms with Crippen LogP contribution in [0.25, 0.3) is 0 Å². The summed E-state index contributed by atoms with van der Waals surface area (Å²) >= 11 is 0. The second-order valence-corrected chi connectivity index (χ2v) is 3.86. The van der Waals surface area contributed by atoms with Crippen molar-refractivity contribution in [3.63, 3.8) is 0 Å². The van der Waals surface area contributed by atoms with Gasteiger partial charge in [-0.3, -0.25) is 4.90 Å². The Morgan fingerprint density at radius 2 is 2.06 bits per heavy atom.